The highest BCUT2D eigenvalue weighted by molar-refractivity contribution is 6.20. The van der Waals surface area contributed by atoms with E-state index < -0.39 is 0 Å². The number of benzene rings is 1. The van der Waals surface area contributed by atoms with Crippen LogP contribution in [0.1, 0.15) is 43.0 Å². The maximum absolute atomic E-state index is 6.31. The number of halogens is 1. The number of aromatic nitrogens is 2. The average molecular weight is 293 g/mol. The normalized spacial score (nSPS) is 21.2. The molecule has 1 saturated heterocycles. The molecule has 3 rings (SSSR count). The molecule has 2 aromatic rings. The first kappa shape index (κ1) is 13.9. The summed E-state index contributed by atoms with van der Waals surface area (Å²) < 4.78 is 8.12. The van der Waals surface area contributed by atoms with Gasteiger partial charge in [0.05, 0.1) is 29.1 Å². The smallest absolute Gasteiger partial charge is 0.127 e. The molecule has 2 atom stereocenters. The van der Waals surface area contributed by atoms with Crippen LogP contribution < -0.4 is 0 Å². The number of alkyl halides is 1. The number of fused-ring (bicyclic) bond motifs is 1. The van der Waals surface area contributed by atoms with Gasteiger partial charge in [-0.05, 0) is 50.8 Å². The first-order valence-corrected chi connectivity index (χ1v) is 7.81. The molecule has 2 heterocycles. The third kappa shape index (κ3) is 2.70. The van der Waals surface area contributed by atoms with E-state index in [1.807, 2.05) is 6.92 Å². The lowest BCUT2D eigenvalue weighted by molar-refractivity contribution is 0.00618. The standard InChI is InChI=1S/C16H21ClN2O/c1-11-6-7-14-15(9-11)19(16(18-14)12(2)17)10-13-5-3-4-8-20-13/h6-7,9,12-13H,3-5,8,10H2,1-2H3. The van der Waals surface area contributed by atoms with E-state index in [2.05, 4.69) is 29.7 Å². The van der Waals surface area contributed by atoms with Gasteiger partial charge in [0.15, 0.2) is 0 Å². The van der Waals surface area contributed by atoms with Gasteiger partial charge in [0, 0.05) is 6.61 Å². The van der Waals surface area contributed by atoms with Crippen LogP contribution in [0.15, 0.2) is 18.2 Å². The Morgan fingerprint density at radius 1 is 1.45 bits per heavy atom. The molecule has 0 saturated carbocycles. The van der Waals surface area contributed by atoms with Crippen molar-refractivity contribution in [1.82, 2.24) is 9.55 Å². The molecule has 0 spiro atoms. The van der Waals surface area contributed by atoms with E-state index in [1.54, 1.807) is 0 Å². The van der Waals surface area contributed by atoms with Gasteiger partial charge in [-0.15, -0.1) is 11.6 Å². The Morgan fingerprint density at radius 3 is 3.00 bits per heavy atom. The highest BCUT2D eigenvalue weighted by Crippen LogP contribution is 2.27. The second kappa shape index (κ2) is 5.74. The molecular formula is C16H21ClN2O. The second-order valence-corrected chi connectivity index (χ2v) is 6.33. The quantitative estimate of drug-likeness (QED) is 0.792. The first-order chi connectivity index (χ1) is 9.65. The molecule has 0 bridgehead atoms. The molecule has 1 aromatic heterocycles. The summed E-state index contributed by atoms with van der Waals surface area (Å²) in [5, 5.41) is -0.0914. The third-order valence-electron chi connectivity index (χ3n) is 3.95. The highest BCUT2D eigenvalue weighted by Gasteiger charge is 2.20. The lowest BCUT2D eigenvalue weighted by atomic mass is 10.1. The predicted molar refractivity (Wildman–Crippen MR) is 82.3 cm³/mol. The molecule has 4 heteroatoms. The number of rotatable bonds is 3. The number of nitrogens with zero attached hydrogens (tertiary/aromatic N) is 2. The van der Waals surface area contributed by atoms with Crippen molar-refractivity contribution in [2.24, 2.45) is 0 Å². The minimum atomic E-state index is -0.0914. The van der Waals surface area contributed by atoms with E-state index in [9.17, 15) is 0 Å². The fourth-order valence-corrected chi connectivity index (χ4v) is 3.07. The van der Waals surface area contributed by atoms with Gasteiger partial charge in [-0.25, -0.2) is 4.98 Å². The van der Waals surface area contributed by atoms with Gasteiger partial charge in [0.25, 0.3) is 0 Å². The minimum Gasteiger partial charge on any atom is -0.376 e. The van der Waals surface area contributed by atoms with Crippen LogP contribution in [-0.4, -0.2) is 22.3 Å². The topological polar surface area (TPSA) is 27.1 Å². The molecule has 1 fully saturated rings. The summed E-state index contributed by atoms with van der Waals surface area (Å²) in [6.07, 6.45) is 3.85. The monoisotopic (exact) mass is 292 g/mol. The Kier molecular flexibility index (Phi) is 3.99. The van der Waals surface area contributed by atoms with Crippen molar-refractivity contribution in [3.05, 3.63) is 29.6 Å². The van der Waals surface area contributed by atoms with Crippen LogP contribution in [0.3, 0.4) is 0 Å². The van der Waals surface area contributed by atoms with Gasteiger partial charge >= 0.3 is 0 Å². The Balaban J connectivity index is 2.01. The van der Waals surface area contributed by atoms with E-state index in [4.69, 9.17) is 21.3 Å². The number of aryl methyl sites for hydroxylation is 1. The van der Waals surface area contributed by atoms with Crippen molar-refractivity contribution in [3.8, 4) is 0 Å². The zero-order valence-corrected chi connectivity index (χ0v) is 12.9. The maximum Gasteiger partial charge on any atom is 0.127 e. The van der Waals surface area contributed by atoms with Crippen molar-refractivity contribution in [2.75, 3.05) is 6.61 Å². The lowest BCUT2D eigenvalue weighted by Crippen LogP contribution is -2.25. The van der Waals surface area contributed by atoms with Gasteiger partial charge in [0.1, 0.15) is 5.82 Å². The van der Waals surface area contributed by atoms with Crippen molar-refractivity contribution >= 4 is 22.6 Å². The zero-order valence-electron chi connectivity index (χ0n) is 12.1. The fraction of sp³-hybridized carbons (Fsp3) is 0.562. The number of hydrogen-bond donors (Lipinski definition) is 0. The predicted octanol–water partition coefficient (Wildman–Crippen LogP) is 4.21. The first-order valence-electron chi connectivity index (χ1n) is 7.37. The summed E-state index contributed by atoms with van der Waals surface area (Å²) in [6, 6.07) is 6.36. The summed E-state index contributed by atoms with van der Waals surface area (Å²) in [5.41, 5.74) is 3.44. The van der Waals surface area contributed by atoms with Crippen LogP contribution in [-0.2, 0) is 11.3 Å². The van der Waals surface area contributed by atoms with Crippen molar-refractivity contribution < 1.29 is 4.74 Å². The Morgan fingerprint density at radius 2 is 2.30 bits per heavy atom. The largest absolute Gasteiger partial charge is 0.376 e. The minimum absolute atomic E-state index is 0.0914. The molecular weight excluding hydrogens is 272 g/mol. The lowest BCUT2D eigenvalue weighted by Gasteiger charge is -2.24. The summed E-state index contributed by atoms with van der Waals surface area (Å²) in [5.74, 6) is 0.946. The van der Waals surface area contributed by atoms with E-state index in [-0.39, 0.29) is 11.5 Å². The second-order valence-electron chi connectivity index (χ2n) is 5.68. The van der Waals surface area contributed by atoms with E-state index in [0.717, 1.165) is 30.9 Å². The van der Waals surface area contributed by atoms with Crippen molar-refractivity contribution in [3.63, 3.8) is 0 Å². The van der Waals surface area contributed by atoms with Crippen LogP contribution in [0.4, 0.5) is 0 Å². The van der Waals surface area contributed by atoms with Gasteiger partial charge in [-0.1, -0.05) is 6.07 Å². The van der Waals surface area contributed by atoms with Crippen LogP contribution in [0.2, 0.25) is 0 Å². The molecule has 1 aromatic carbocycles. The molecule has 1 aliphatic rings. The summed E-state index contributed by atoms with van der Waals surface area (Å²) >= 11 is 6.31. The fourth-order valence-electron chi connectivity index (χ4n) is 2.90. The molecule has 0 N–H and O–H groups in total. The number of hydrogen-bond acceptors (Lipinski definition) is 2. The molecule has 1 aliphatic heterocycles. The average Bonchev–Trinajstić information content (AvgIpc) is 2.78. The van der Waals surface area contributed by atoms with E-state index in [0.29, 0.717) is 0 Å². The Labute approximate surface area is 124 Å². The molecule has 20 heavy (non-hydrogen) atoms. The molecule has 2 unspecified atom stereocenters. The number of imidazole rings is 1. The van der Waals surface area contributed by atoms with Gasteiger partial charge < -0.3 is 9.30 Å². The molecule has 0 radical (unpaired) electrons. The number of ether oxygens (including phenoxy) is 1. The van der Waals surface area contributed by atoms with Crippen molar-refractivity contribution in [1.29, 1.82) is 0 Å². The summed E-state index contributed by atoms with van der Waals surface area (Å²) in [4.78, 5) is 4.69. The zero-order chi connectivity index (χ0) is 14.1. The third-order valence-corrected chi connectivity index (χ3v) is 4.14. The van der Waals surface area contributed by atoms with Gasteiger partial charge in [-0.2, -0.15) is 0 Å². The van der Waals surface area contributed by atoms with Crippen molar-refractivity contribution in [2.45, 2.75) is 51.1 Å². The van der Waals surface area contributed by atoms with Crippen LogP contribution in [0.5, 0.6) is 0 Å². The maximum atomic E-state index is 6.31. The molecule has 0 aliphatic carbocycles. The Hall–Kier alpha value is -1.06. The molecule has 0 amide bonds. The van der Waals surface area contributed by atoms with Crippen LogP contribution in [0, 0.1) is 6.92 Å². The highest BCUT2D eigenvalue weighted by atomic mass is 35.5. The van der Waals surface area contributed by atoms with Gasteiger partial charge in [-0.3, -0.25) is 0 Å². The van der Waals surface area contributed by atoms with Crippen LogP contribution >= 0.6 is 11.6 Å². The van der Waals surface area contributed by atoms with E-state index in [1.165, 1.54) is 23.9 Å². The summed E-state index contributed by atoms with van der Waals surface area (Å²) in [6.45, 7) is 5.82. The summed E-state index contributed by atoms with van der Waals surface area (Å²) in [7, 11) is 0. The van der Waals surface area contributed by atoms with Gasteiger partial charge in [0.2, 0.25) is 0 Å². The molecule has 3 nitrogen and oxygen atoms in total. The van der Waals surface area contributed by atoms with Crippen LogP contribution in [0.25, 0.3) is 11.0 Å². The Bertz CT molecular complexity index is 600. The SMILES string of the molecule is Cc1ccc2nc(C(C)Cl)n(CC3CCCCO3)c2c1. The van der Waals surface area contributed by atoms with E-state index >= 15 is 0 Å². The molecule has 108 valence electrons.